The van der Waals surface area contributed by atoms with Gasteiger partial charge in [0.05, 0.1) is 19.8 Å². The molecule has 3 heteroatoms. The van der Waals surface area contributed by atoms with Gasteiger partial charge in [0.2, 0.25) is 0 Å². The van der Waals surface area contributed by atoms with Gasteiger partial charge in [0.25, 0.3) is 0 Å². The van der Waals surface area contributed by atoms with Crippen molar-refractivity contribution in [3.8, 4) is 5.75 Å². The molecular formula is C13H17BrO2. The number of hydrogen-bond donors (Lipinski definition) is 0. The molecule has 0 unspecified atom stereocenters. The monoisotopic (exact) mass is 284 g/mol. The highest BCUT2D eigenvalue weighted by atomic mass is 79.9. The molecule has 0 aromatic heterocycles. The molecule has 0 spiro atoms. The first-order chi connectivity index (χ1) is 7.74. The van der Waals surface area contributed by atoms with E-state index in [1.807, 2.05) is 24.3 Å². The van der Waals surface area contributed by atoms with Crippen molar-refractivity contribution in [3.63, 3.8) is 0 Å². The van der Waals surface area contributed by atoms with Gasteiger partial charge in [0.1, 0.15) is 5.75 Å². The van der Waals surface area contributed by atoms with Gasteiger partial charge in [-0.25, -0.2) is 0 Å². The molecule has 0 aliphatic carbocycles. The molecule has 16 heavy (non-hydrogen) atoms. The van der Waals surface area contributed by atoms with E-state index in [4.69, 9.17) is 9.47 Å². The Morgan fingerprint density at radius 3 is 2.50 bits per heavy atom. The summed E-state index contributed by atoms with van der Waals surface area (Å²) in [7, 11) is 0. The fraction of sp³-hybridized carbons (Fsp3) is 0.538. The summed E-state index contributed by atoms with van der Waals surface area (Å²) in [5.74, 6) is 0.940. The van der Waals surface area contributed by atoms with Crippen LogP contribution >= 0.6 is 15.9 Å². The average molecular weight is 285 g/mol. The van der Waals surface area contributed by atoms with Crippen LogP contribution in [-0.4, -0.2) is 19.8 Å². The summed E-state index contributed by atoms with van der Waals surface area (Å²) in [6, 6.07) is 7.97. The van der Waals surface area contributed by atoms with Gasteiger partial charge in [-0.15, -0.1) is 0 Å². The lowest BCUT2D eigenvalue weighted by atomic mass is 9.80. The van der Waals surface area contributed by atoms with Crippen molar-refractivity contribution < 1.29 is 9.47 Å². The van der Waals surface area contributed by atoms with Crippen molar-refractivity contribution in [2.75, 3.05) is 19.8 Å². The van der Waals surface area contributed by atoms with Gasteiger partial charge in [0, 0.05) is 9.89 Å². The van der Waals surface area contributed by atoms with Gasteiger partial charge < -0.3 is 9.47 Å². The van der Waals surface area contributed by atoms with Crippen LogP contribution in [0.4, 0.5) is 0 Å². The zero-order valence-electron chi connectivity index (χ0n) is 9.54. The minimum atomic E-state index is 0.384. The lowest BCUT2D eigenvalue weighted by Crippen LogP contribution is -2.43. The first kappa shape index (κ1) is 11.9. The molecule has 1 aromatic rings. The molecule has 0 amide bonds. The summed E-state index contributed by atoms with van der Waals surface area (Å²) in [6.45, 7) is 4.79. The molecule has 88 valence electrons. The van der Waals surface area contributed by atoms with Crippen molar-refractivity contribution in [3.05, 3.63) is 28.7 Å². The van der Waals surface area contributed by atoms with E-state index in [2.05, 4.69) is 22.9 Å². The quantitative estimate of drug-likeness (QED) is 0.822. The molecule has 1 aliphatic rings. The SMILES string of the molecule is CCC1(CCOc2ccc(Br)cc2)COC1. The third kappa shape index (κ3) is 2.77. The fourth-order valence-corrected chi connectivity index (χ4v) is 2.10. The number of benzene rings is 1. The number of halogens is 1. The predicted molar refractivity (Wildman–Crippen MR) is 67.8 cm³/mol. The van der Waals surface area contributed by atoms with Gasteiger partial charge >= 0.3 is 0 Å². The second-order valence-electron chi connectivity index (χ2n) is 4.40. The van der Waals surface area contributed by atoms with Gasteiger partial charge in [-0.2, -0.15) is 0 Å². The van der Waals surface area contributed by atoms with Crippen LogP contribution < -0.4 is 4.74 Å². The highest BCUT2D eigenvalue weighted by molar-refractivity contribution is 9.10. The zero-order chi connectivity index (χ0) is 11.4. The molecule has 0 bridgehead atoms. The van der Waals surface area contributed by atoms with Crippen LogP contribution in [0.25, 0.3) is 0 Å². The maximum absolute atomic E-state index is 5.72. The molecule has 0 atom stereocenters. The van der Waals surface area contributed by atoms with E-state index < -0.39 is 0 Å². The van der Waals surface area contributed by atoms with E-state index in [1.54, 1.807) is 0 Å². The van der Waals surface area contributed by atoms with Crippen LogP contribution in [0, 0.1) is 5.41 Å². The maximum Gasteiger partial charge on any atom is 0.119 e. The molecule has 0 radical (unpaired) electrons. The Morgan fingerprint density at radius 2 is 2.00 bits per heavy atom. The summed E-state index contributed by atoms with van der Waals surface area (Å²) < 4.78 is 12.1. The minimum Gasteiger partial charge on any atom is -0.494 e. The van der Waals surface area contributed by atoms with E-state index in [0.29, 0.717) is 5.41 Å². The van der Waals surface area contributed by atoms with E-state index >= 15 is 0 Å². The second kappa shape index (κ2) is 5.19. The standard InChI is InChI=1S/C13H17BrO2/c1-2-13(9-15-10-13)7-8-16-12-5-3-11(14)4-6-12/h3-6H,2,7-10H2,1H3. The first-order valence-corrected chi connectivity index (χ1v) is 6.49. The van der Waals surface area contributed by atoms with Crippen molar-refractivity contribution in [2.45, 2.75) is 19.8 Å². The highest BCUT2D eigenvalue weighted by Gasteiger charge is 2.36. The summed E-state index contributed by atoms with van der Waals surface area (Å²) in [4.78, 5) is 0. The van der Waals surface area contributed by atoms with E-state index in [-0.39, 0.29) is 0 Å². The lowest BCUT2D eigenvalue weighted by molar-refractivity contribution is -0.123. The van der Waals surface area contributed by atoms with Gasteiger partial charge in [0.15, 0.2) is 0 Å². The Kier molecular flexibility index (Phi) is 3.87. The molecule has 1 saturated heterocycles. The summed E-state index contributed by atoms with van der Waals surface area (Å²) in [5.41, 5.74) is 0.384. The first-order valence-electron chi connectivity index (χ1n) is 5.70. The Bertz CT molecular complexity index is 325. The molecule has 0 N–H and O–H groups in total. The number of hydrogen-bond acceptors (Lipinski definition) is 2. The molecule has 1 aromatic carbocycles. The maximum atomic E-state index is 5.72. The summed E-state index contributed by atoms with van der Waals surface area (Å²) >= 11 is 3.40. The van der Waals surface area contributed by atoms with E-state index in [9.17, 15) is 0 Å². The molecule has 2 nitrogen and oxygen atoms in total. The van der Waals surface area contributed by atoms with Gasteiger partial charge in [-0.1, -0.05) is 22.9 Å². The summed E-state index contributed by atoms with van der Waals surface area (Å²) in [5, 5.41) is 0. The van der Waals surface area contributed by atoms with Crippen LogP contribution in [-0.2, 0) is 4.74 Å². The number of rotatable bonds is 5. The Labute approximate surface area is 105 Å². The zero-order valence-corrected chi connectivity index (χ0v) is 11.1. The molecule has 1 heterocycles. The van der Waals surface area contributed by atoms with Crippen molar-refractivity contribution in [2.24, 2.45) is 5.41 Å². The van der Waals surface area contributed by atoms with Crippen LogP contribution in [0.5, 0.6) is 5.75 Å². The van der Waals surface area contributed by atoms with Gasteiger partial charge in [-0.3, -0.25) is 0 Å². The molecular weight excluding hydrogens is 268 g/mol. The number of ether oxygens (including phenoxy) is 2. The van der Waals surface area contributed by atoms with E-state index in [1.165, 1.54) is 6.42 Å². The largest absolute Gasteiger partial charge is 0.494 e. The van der Waals surface area contributed by atoms with Crippen LogP contribution in [0.15, 0.2) is 28.7 Å². The van der Waals surface area contributed by atoms with Crippen molar-refractivity contribution >= 4 is 15.9 Å². The average Bonchev–Trinajstić information content (AvgIpc) is 2.25. The highest BCUT2D eigenvalue weighted by Crippen LogP contribution is 2.34. The molecule has 1 fully saturated rings. The Hall–Kier alpha value is -0.540. The smallest absolute Gasteiger partial charge is 0.119 e. The van der Waals surface area contributed by atoms with Crippen LogP contribution in [0.2, 0.25) is 0 Å². The molecule has 2 rings (SSSR count). The Balaban J connectivity index is 1.77. The van der Waals surface area contributed by atoms with Crippen molar-refractivity contribution in [1.29, 1.82) is 0 Å². The topological polar surface area (TPSA) is 18.5 Å². The third-order valence-electron chi connectivity index (χ3n) is 3.28. The normalized spacial score (nSPS) is 17.9. The lowest BCUT2D eigenvalue weighted by Gasteiger charge is -2.40. The van der Waals surface area contributed by atoms with E-state index in [0.717, 1.165) is 36.5 Å². The summed E-state index contributed by atoms with van der Waals surface area (Å²) in [6.07, 6.45) is 2.26. The molecule has 0 saturated carbocycles. The van der Waals surface area contributed by atoms with Crippen molar-refractivity contribution in [1.82, 2.24) is 0 Å². The van der Waals surface area contributed by atoms with Gasteiger partial charge in [-0.05, 0) is 37.1 Å². The molecule has 1 aliphatic heterocycles. The fourth-order valence-electron chi connectivity index (χ4n) is 1.83. The predicted octanol–water partition coefficient (Wildman–Crippen LogP) is 3.64. The second-order valence-corrected chi connectivity index (χ2v) is 5.31. The minimum absolute atomic E-state index is 0.384. The Morgan fingerprint density at radius 1 is 1.31 bits per heavy atom. The van der Waals surface area contributed by atoms with Crippen LogP contribution in [0.1, 0.15) is 19.8 Å². The third-order valence-corrected chi connectivity index (χ3v) is 3.81. The van der Waals surface area contributed by atoms with Crippen LogP contribution in [0.3, 0.4) is 0 Å².